The van der Waals surface area contributed by atoms with E-state index >= 15 is 0 Å². The number of carbonyl (C=O) groups is 2. The number of esters is 2. The van der Waals surface area contributed by atoms with E-state index < -0.39 is 18.0 Å². The van der Waals surface area contributed by atoms with Crippen LogP contribution < -0.4 is 0 Å². The van der Waals surface area contributed by atoms with E-state index in [-0.39, 0.29) is 18.2 Å². The Balaban J connectivity index is 1.73. The number of cyclic esters (lactones) is 1. The topological polar surface area (TPSA) is 65.7 Å². The molecule has 0 bridgehead atoms. The van der Waals surface area contributed by atoms with Crippen molar-refractivity contribution in [2.45, 2.75) is 12.5 Å². The molecule has 1 saturated heterocycles. The first-order chi connectivity index (χ1) is 10.1. The third-order valence-electron chi connectivity index (χ3n) is 3.07. The lowest BCUT2D eigenvalue weighted by molar-refractivity contribution is -0.145. The van der Waals surface area contributed by atoms with Gasteiger partial charge in [0.05, 0.1) is 6.61 Å². The van der Waals surface area contributed by atoms with Crippen LogP contribution in [0.2, 0.25) is 0 Å². The number of furan rings is 1. The highest BCUT2D eigenvalue weighted by Crippen LogP contribution is 2.23. The van der Waals surface area contributed by atoms with E-state index in [9.17, 15) is 14.0 Å². The molecule has 1 fully saturated rings. The fourth-order valence-corrected chi connectivity index (χ4v) is 1.99. The van der Waals surface area contributed by atoms with Crippen LogP contribution in [-0.2, 0) is 14.3 Å². The predicted molar refractivity (Wildman–Crippen MR) is 68.9 cm³/mol. The molecular formula is C15H11FO5. The lowest BCUT2D eigenvalue weighted by Crippen LogP contribution is -2.22. The normalized spacial score (nSPS) is 17.6. The summed E-state index contributed by atoms with van der Waals surface area (Å²) >= 11 is 0. The molecule has 2 aromatic rings. The zero-order chi connectivity index (χ0) is 14.8. The molecule has 1 aliphatic heterocycles. The summed E-state index contributed by atoms with van der Waals surface area (Å²) in [5.41, 5.74) is 0.635. The Morgan fingerprint density at radius 1 is 1.19 bits per heavy atom. The van der Waals surface area contributed by atoms with Crippen molar-refractivity contribution >= 4 is 11.9 Å². The fourth-order valence-electron chi connectivity index (χ4n) is 1.99. The Hall–Kier alpha value is -2.63. The molecule has 0 N–H and O–H groups in total. The zero-order valence-corrected chi connectivity index (χ0v) is 10.9. The molecular weight excluding hydrogens is 279 g/mol. The predicted octanol–water partition coefficient (Wildman–Crippen LogP) is 2.56. The molecule has 1 atom stereocenters. The molecule has 1 aromatic carbocycles. The largest absolute Gasteiger partial charge is 0.463 e. The first-order valence-electron chi connectivity index (χ1n) is 6.37. The molecule has 0 spiro atoms. The summed E-state index contributed by atoms with van der Waals surface area (Å²) in [4.78, 5) is 23.1. The second-order valence-electron chi connectivity index (χ2n) is 4.52. The van der Waals surface area contributed by atoms with Gasteiger partial charge < -0.3 is 13.9 Å². The maximum absolute atomic E-state index is 12.9. The quantitative estimate of drug-likeness (QED) is 0.813. The minimum Gasteiger partial charge on any atom is -0.463 e. The van der Waals surface area contributed by atoms with Crippen molar-refractivity contribution in [1.29, 1.82) is 0 Å². The SMILES string of the molecule is O=C(O[C@H]1CCOC1=O)c1ccc(-c2ccc(F)cc2)o1. The van der Waals surface area contributed by atoms with Crippen LogP contribution in [0.25, 0.3) is 11.3 Å². The second-order valence-corrected chi connectivity index (χ2v) is 4.52. The number of benzene rings is 1. The van der Waals surface area contributed by atoms with E-state index in [4.69, 9.17) is 13.9 Å². The first kappa shape index (κ1) is 13.4. The summed E-state index contributed by atoms with van der Waals surface area (Å²) in [5, 5.41) is 0. The molecule has 2 heterocycles. The molecule has 108 valence electrons. The molecule has 0 radical (unpaired) electrons. The molecule has 3 rings (SSSR count). The van der Waals surface area contributed by atoms with Crippen molar-refractivity contribution < 1.29 is 27.9 Å². The summed E-state index contributed by atoms with van der Waals surface area (Å²) in [6.07, 6.45) is -0.535. The third-order valence-corrected chi connectivity index (χ3v) is 3.07. The second kappa shape index (κ2) is 5.40. The molecule has 5 nitrogen and oxygen atoms in total. The average molecular weight is 290 g/mol. The number of ether oxygens (including phenoxy) is 2. The van der Waals surface area contributed by atoms with Crippen LogP contribution in [-0.4, -0.2) is 24.6 Å². The first-order valence-corrected chi connectivity index (χ1v) is 6.37. The van der Waals surface area contributed by atoms with Crippen LogP contribution in [0.15, 0.2) is 40.8 Å². The summed E-state index contributed by atoms with van der Waals surface area (Å²) in [6.45, 7) is 0.246. The Kier molecular flexibility index (Phi) is 3.43. The van der Waals surface area contributed by atoms with E-state index in [1.165, 1.54) is 30.3 Å². The minimum atomic E-state index is -0.878. The third kappa shape index (κ3) is 2.79. The number of carbonyl (C=O) groups excluding carboxylic acids is 2. The summed E-state index contributed by atoms with van der Waals surface area (Å²) in [5.74, 6) is -1.24. The van der Waals surface area contributed by atoms with Gasteiger partial charge in [0, 0.05) is 12.0 Å². The molecule has 0 amide bonds. The smallest absolute Gasteiger partial charge is 0.375 e. The summed E-state index contributed by atoms with van der Waals surface area (Å²) in [6, 6.07) is 8.70. The highest BCUT2D eigenvalue weighted by Gasteiger charge is 2.31. The van der Waals surface area contributed by atoms with E-state index in [1.54, 1.807) is 6.07 Å². The lowest BCUT2D eigenvalue weighted by Gasteiger charge is -2.06. The molecule has 1 aliphatic rings. The van der Waals surface area contributed by atoms with Crippen LogP contribution >= 0.6 is 0 Å². The number of rotatable bonds is 3. The van der Waals surface area contributed by atoms with Crippen molar-refractivity contribution in [3.8, 4) is 11.3 Å². The molecule has 0 saturated carbocycles. The van der Waals surface area contributed by atoms with Gasteiger partial charge in [-0.1, -0.05) is 0 Å². The van der Waals surface area contributed by atoms with Gasteiger partial charge in [0.1, 0.15) is 11.6 Å². The maximum Gasteiger partial charge on any atom is 0.375 e. The number of halogens is 1. The van der Waals surface area contributed by atoms with Gasteiger partial charge >= 0.3 is 11.9 Å². The minimum absolute atomic E-state index is 0.0194. The lowest BCUT2D eigenvalue weighted by atomic mass is 10.2. The molecule has 21 heavy (non-hydrogen) atoms. The van der Waals surface area contributed by atoms with Gasteiger partial charge in [0.25, 0.3) is 0 Å². The van der Waals surface area contributed by atoms with E-state index in [1.807, 2.05) is 0 Å². The average Bonchev–Trinajstić information content (AvgIpc) is 3.10. The van der Waals surface area contributed by atoms with E-state index in [0.717, 1.165) is 0 Å². The standard InChI is InChI=1S/C15H11FO5/c16-10-3-1-9(2-4-10)11-5-6-12(20-11)15(18)21-13-7-8-19-14(13)17/h1-6,13H,7-8H2/t13-/m0/s1. The maximum atomic E-state index is 12.9. The fraction of sp³-hybridized carbons (Fsp3) is 0.200. The van der Waals surface area contributed by atoms with Gasteiger partial charge in [-0.25, -0.2) is 14.0 Å². The zero-order valence-electron chi connectivity index (χ0n) is 10.9. The van der Waals surface area contributed by atoms with Crippen molar-refractivity contribution in [1.82, 2.24) is 0 Å². The highest BCUT2D eigenvalue weighted by molar-refractivity contribution is 5.89. The Bertz CT molecular complexity index is 674. The van der Waals surface area contributed by atoms with E-state index in [2.05, 4.69) is 0 Å². The molecule has 0 aliphatic carbocycles. The van der Waals surface area contributed by atoms with Gasteiger partial charge in [0.2, 0.25) is 11.9 Å². The van der Waals surface area contributed by atoms with Gasteiger partial charge in [-0.2, -0.15) is 0 Å². The van der Waals surface area contributed by atoms with Crippen LogP contribution in [0.1, 0.15) is 17.0 Å². The van der Waals surface area contributed by atoms with Crippen LogP contribution in [0.5, 0.6) is 0 Å². The van der Waals surface area contributed by atoms with Gasteiger partial charge in [-0.15, -0.1) is 0 Å². The molecule has 1 aromatic heterocycles. The van der Waals surface area contributed by atoms with Crippen molar-refractivity contribution in [3.63, 3.8) is 0 Å². The van der Waals surface area contributed by atoms with Crippen LogP contribution in [0.4, 0.5) is 4.39 Å². The monoisotopic (exact) mass is 290 g/mol. The van der Waals surface area contributed by atoms with E-state index in [0.29, 0.717) is 17.7 Å². The van der Waals surface area contributed by atoms with Crippen molar-refractivity contribution in [2.75, 3.05) is 6.61 Å². The summed E-state index contributed by atoms with van der Waals surface area (Å²) in [7, 11) is 0. The van der Waals surface area contributed by atoms with Gasteiger partial charge in [0.15, 0.2) is 0 Å². The molecule has 0 unspecified atom stereocenters. The number of hydrogen-bond donors (Lipinski definition) is 0. The Morgan fingerprint density at radius 2 is 1.95 bits per heavy atom. The van der Waals surface area contributed by atoms with Gasteiger partial charge in [-0.05, 0) is 36.4 Å². The number of hydrogen-bond acceptors (Lipinski definition) is 5. The van der Waals surface area contributed by atoms with Crippen molar-refractivity contribution in [2.24, 2.45) is 0 Å². The Morgan fingerprint density at radius 3 is 2.62 bits per heavy atom. The summed E-state index contributed by atoms with van der Waals surface area (Å²) < 4.78 is 27.9. The van der Waals surface area contributed by atoms with Crippen LogP contribution in [0.3, 0.4) is 0 Å². The molecule has 6 heteroatoms. The highest BCUT2D eigenvalue weighted by atomic mass is 19.1. The Labute approximate surface area is 119 Å². The van der Waals surface area contributed by atoms with Gasteiger partial charge in [-0.3, -0.25) is 0 Å². The van der Waals surface area contributed by atoms with Crippen molar-refractivity contribution in [3.05, 3.63) is 48.0 Å². The van der Waals surface area contributed by atoms with Crippen LogP contribution in [0, 0.1) is 5.82 Å².